The van der Waals surface area contributed by atoms with Crippen molar-refractivity contribution in [3.8, 4) is 0 Å². The predicted molar refractivity (Wildman–Crippen MR) is 70.8 cm³/mol. The van der Waals surface area contributed by atoms with Gasteiger partial charge in [0, 0.05) is 32.4 Å². The van der Waals surface area contributed by atoms with E-state index in [0.717, 1.165) is 45.8 Å². The first-order valence-corrected chi connectivity index (χ1v) is 6.30. The summed E-state index contributed by atoms with van der Waals surface area (Å²) in [5.74, 6) is 0. The van der Waals surface area contributed by atoms with Gasteiger partial charge in [0.2, 0.25) is 0 Å². The van der Waals surface area contributed by atoms with Gasteiger partial charge in [-0.05, 0) is 12.0 Å². The van der Waals surface area contributed by atoms with Crippen molar-refractivity contribution in [2.24, 2.45) is 4.99 Å². The first-order chi connectivity index (χ1) is 8.45. The predicted octanol–water partition coefficient (Wildman–Crippen LogP) is 1.83. The minimum atomic E-state index is 0.882. The molecular formula is C14H20N2O. The average molecular weight is 232 g/mol. The molecule has 1 aromatic carbocycles. The third-order valence-electron chi connectivity index (χ3n) is 2.91. The quantitative estimate of drug-likeness (QED) is 0.571. The van der Waals surface area contributed by atoms with Gasteiger partial charge in [-0.1, -0.05) is 30.3 Å². The lowest BCUT2D eigenvalue weighted by Crippen LogP contribution is -2.37. The zero-order valence-corrected chi connectivity index (χ0v) is 10.2. The molecular weight excluding hydrogens is 212 g/mol. The molecule has 1 aliphatic heterocycles. The minimum absolute atomic E-state index is 0.882. The standard InChI is InChI=1S/C14H20N2O/c1-2-5-14(6-3-1)13-15-7-4-8-16-9-11-17-12-10-16/h1-3,5-6,13H,4,7-12H2. The van der Waals surface area contributed by atoms with Crippen molar-refractivity contribution in [2.45, 2.75) is 6.42 Å². The largest absolute Gasteiger partial charge is 0.379 e. The summed E-state index contributed by atoms with van der Waals surface area (Å²) < 4.78 is 5.31. The van der Waals surface area contributed by atoms with Crippen molar-refractivity contribution >= 4 is 6.21 Å². The Hall–Kier alpha value is -1.19. The molecule has 1 aliphatic rings. The Bertz CT molecular complexity index is 331. The Morgan fingerprint density at radius 2 is 1.94 bits per heavy atom. The van der Waals surface area contributed by atoms with Crippen LogP contribution in [0.4, 0.5) is 0 Å². The number of aliphatic imine (C=N–C) groups is 1. The molecule has 0 aromatic heterocycles. The topological polar surface area (TPSA) is 24.8 Å². The summed E-state index contributed by atoms with van der Waals surface area (Å²) >= 11 is 0. The van der Waals surface area contributed by atoms with E-state index in [1.165, 1.54) is 5.56 Å². The summed E-state index contributed by atoms with van der Waals surface area (Å²) in [7, 11) is 0. The Morgan fingerprint density at radius 1 is 1.18 bits per heavy atom. The van der Waals surface area contributed by atoms with E-state index in [2.05, 4.69) is 22.0 Å². The monoisotopic (exact) mass is 232 g/mol. The van der Waals surface area contributed by atoms with Crippen LogP contribution in [0.1, 0.15) is 12.0 Å². The van der Waals surface area contributed by atoms with Crippen LogP contribution < -0.4 is 0 Å². The molecule has 2 rings (SSSR count). The summed E-state index contributed by atoms with van der Waals surface area (Å²) in [6.45, 7) is 5.95. The Labute approximate surface area is 103 Å². The second kappa shape index (κ2) is 7.20. The van der Waals surface area contributed by atoms with Crippen LogP contribution >= 0.6 is 0 Å². The van der Waals surface area contributed by atoms with Gasteiger partial charge >= 0.3 is 0 Å². The van der Waals surface area contributed by atoms with E-state index in [9.17, 15) is 0 Å². The number of ether oxygens (including phenoxy) is 1. The van der Waals surface area contributed by atoms with Gasteiger partial charge in [0.1, 0.15) is 0 Å². The summed E-state index contributed by atoms with van der Waals surface area (Å²) in [6.07, 6.45) is 3.09. The third-order valence-corrected chi connectivity index (χ3v) is 2.91. The highest BCUT2D eigenvalue weighted by molar-refractivity contribution is 5.79. The van der Waals surface area contributed by atoms with E-state index in [1.54, 1.807) is 0 Å². The van der Waals surface area contributed by atoms with Gasteiger partial charge in [-0.3, -0.25) is 9.89 Å². The number of benzene rings is 1. The zero-order valence-electron chi connectivity index (χ0n) is 10.2. The minimum Gasteiger partial charge on any atom is -0.379 e. The Balaban J connectivity index is 1.61. The van der Waals surface area contributed by atoms with Gasteiger partial charge in [0.25, 0.3) is 0 Å². The van der Waals surface area contributed by atoms with Crippen LogP contribution in [0.5, 0.6) is 0 Å². The molecule has 0 radical (unpaired) electrons. The van der Waals surface area contributed by atoms with Crippen molar-refractivity contribution in [3.63, 3.8) is 0 Å². The van der Waals surface area contributed by atoms with Gasteiger partial charge in [-0.15, -0.1) is 0 Å². The van der Waals surface area contributed by atoms with Crippen molar-refractivity contribution in [3.05, 3.63) is 35.9 Å². The molecule has 0 bridgehead atoms. The molecule has 17 heavy (non-hydrogen) atoms. The fourth-order valence-corrected chi connectivity index (χ4v) is 1.92. The molecule has 1 fully saturated rings. The fourth-order valence-electron chi connectivity index (χ4n) is 1.92. The average Bonchev–Trinajstić information content (AvgIpc) is 2.41. The molecule has 0 N–H and O–H groups in total. The van der Waals surface area contributed by atoms with Crippen molar-refractivity contribution in [2.75, 3.05) is 39.4 Å². The van der Waals surface area contributed by atoms with E-state index >= 15 is 0 Å². The molecule has 1 heterocycles. The molecule has 3 heteroatoms. The maximum Gasteiger partial charge on any atom is 0.0594 e. The number of morpholine rings is 1. The zero-order chi connectivity index (χ0) is 11.8. The number of nitrogens with zero attached hydrogens (tertiary/aromatic N) is 2. The van der Waals surface area contributed by atoms with Crippen molar-refractivity contribution in [1.82, 2.24) is 4.90 Å². The second-order valence-electron chi connectivity index (χ2n) is 4.25. The fraction of sp³-hybridized carbons (Fsp3) is 0.500. The first-order valence-electron chi connectivity index (χ1n) is 6.30. The molecule has 0 unspecified atom stereocenters. The third kappa shape index (κ3) is 4.67. The van der Waals surface area contributed by atoms with E-state index in [-0.39, 0.29) is 0 Å². The van der Waals surface area contributed by atoms with Crippen molar-refractivity contribution in [1.29, 1.82) is 0 Å². The number of hydrogen-bond acceptors (Lipinski definition) is 3. The molecule has 0 spiro atoms. The molecule has 3 nitrogen and oxygen atoms in total. The first kappa shape index (κ1) is 12.3. The van der Waals surface area contributed by atoms with Gasteiger partial charge in [0.05, 0.1) is 13.2 Å². The lowest BCUT2D eigenvalue weighted by atomic mass is 10.2. The smallest absolute Gasteiger partial charge is 0.0594 e. The molecule has 0 aliphatic carbocycles. The lowest BCUT2D eigenvalue weighted by molar-refractivity contribution is 0.0377. The molecule has 1 saturated heterocycles. The number of hydrogen-bond donors (Lipinski definition) is 0. The molecule has 92 valence electrons. The summed E-state index contributed by atoms with van der Waals surface area (Å²) in [5.41, 5.74) is 1.18. The molecule has 1 aromatic rings. The van der Waals surface area contributed by atoms with Gasteiger partial charge < -0.3 is 4.74 Å². The maximum atomic E-state index is 5.31. The van der Waals surface area contributed by atoms with Crippen LogP contribution in [0.25, 0.3) is 0 Å². The summed E-state index contributed by atoms with van der Waals surface area (Å²) in [4.78, 5) is 6.89. The van der Waals surface area contributed by atoms with Crippen molar-refractivity contribution < 1.29 is 4.74 Å². The molecule has 0 atom stereocenters. The van der Waals surface area contributed by atoms with E-state index in [1.807, 2.05) is 24.4 Å². The highest BCUT2D eigenvalue weighted by Gasteiger charge is 2.08. The molecule has 0 saturated carbocycles. The van der Waals surface area contributed by atoms with Crippen LogP contribution in [-0.2, 0) is 4.74 Å². The van der Waals surface area contributed by atoms with E-state index < -0.39 is 0 Å². The van der Waals surface area contributed by atoms with E-state index in [0.29, 0.717) is 0 Å². The maximum absolute atomic E-state index is 5.31. The Kier molecular flexibility index (Phi) is 5.20. The highest BCUT2D eigenvalue weighted by atomic mass is 16.5. The summed E-state index contributed by atoms with van der Waals surface area (Å²) in [6, 6.07) is 10.2. The van der Waals surface area contributed by atoms with Crippen LogP contribution in [0.3, 0.4) is 0 Å². The van der Waals surface area contributed by atoms with Gasteiger partial charge in [-0.25, -0.2) is 0 Å². The van der Waals surface area contributed by atoms with Gasteiger partial charge in [0.15, 0.2) is 0 Å². The Morgan fingerprint density at radius 3 is 2.71 bits per heavy atom. The van der Waals surface area contributed by atoms with Crippen LogP contribution in [0.15, 0.2) is 35.3 Å². The lowest BCUT2D eigenvalue weighted by Gasteiger charge is -2.26. The van der Waals surface area contributed by atoms with Crippen LogP contribution in [0.2, 0.25) is 0 Å². The SMILES string of the molecule is C(=NCCCN1CCOCC1)c1ccccc1. The van der Waals surface area contributed by atoms with Crippen LogP contribution in [-0.4, -0.2) is 50.5 Å². The molecule has 0 amide bonds. The number of rotatable bonds is 5. The normalized spacial score (nSPS) is 17.6. The van der Waals surface area contributed by atoms with Crippen LogP contribution in [0, 0.1) is 0 Å². The summed E-state index contributed by atoms with van der Waals surface area (Å²) in [5, 5.41) is 0. The van der Waals surface area contributed by atoms with E-state index in [4.69, 9.17) is 4.74 Å². The van der Waals surface area contributed by atoms with Gasteiger partial charge in [-0.2, -0.15) is 0 Å². The highest BCUT2D eigenvalue weighted by Crippen LogP contribution is 1.98. The second-order valence-corrected chi connectivity index (χ2v) is 4.25.